The lowest BCUT2D eigenvalue weighted by molar-refractivity contribution is -0.134. The Balaban J connectivity index is 1.96. The fourth-order valence-electron chi connectivity index (χ4n) is 2.70. The van der Waals surface area contributed by atoms with Gasteiger partial charge in [0.15, 0.2) is 11.5 Å². The van der Waals surface area contributed by atoms with Crippen molar-refractivity contribution in [1.29, 1.82) is 0 Å². The number of ether oxygens (including phenoxy) is 2. The number of barbiturate groups is 1. The number of anilines is 1. The van der Waals surface area contributed by atoms with Gasteiger partial charge in [0.05, 0.1) is 12.8 Å². The van der Waals surface area contributed by atoms with Crippen molar-refractivity contribution >= 4 is 47.2 Å². The molecule has 3 rings (SSSR count). The fourth-order valence-corrected chi connectivity index (χ4v) is 2.83. The van der Waals surface area contributed by atoms with E-state index in [0.29, 0.717) is 10.6 Å². The van der Waals surface area contributed by atoms with Crippen molar-refractivity contribution < 1.29 is 28.7 Å². The number of nitrogens with one attached hydrogen (secondary N) is 1. The van der Waals surface area contributed by atoms with Crippen molar-refractivity contribution in [3.8, 4) is 11.5 Å². The number of urea groups is 1. The second-order valence-corrected chi connectivity index (χ2v) is 6.61. The molecule has 9 heteroatoms. The Morgan fingerprint density at radius 1 is 1.10 bits per heavy atom. The molecule has 4 amide bonds. The van der Waals surface area contributed by atoms with Gasteiger partial charge in [-0.15, -0.1) is 0 Å². The maximum atomic E-state index is 12.9. The van der Waals surface area contributed by atoms with Crippen molar-refractivity contribution in [2.75, 3.05) is 12.0 Å². The summed E-state index contributed by atoms with van der Waals surface area (Å²) in [7, 11) is 1.40. The summed E-state index contributed by atoms with van der Waals surface area (Å²) in [6.07, 6.45) is 1.51. The van der Waals surface area contributed by atoms with E-state index in [0.717, 1.165) is 4.90 Å². The molecule has 1 fully saturated rings. The SMILES string of the molecule is CCC(=O)Oc1ccc(/C=C2/C(=O)NC(=O)N(c3ccc(Cl)cc3)C2=O)cc1OC. The third-order valence-electron chi connectivity index (χ3n) is 4.20. The van der Waals surface area contributed by atoms with E-state index in [1.54, 1.807) is 13.0 Å². The third-order valence-corrected chi connectivity index (χ3v) is 4.45. The van der Waals surface area contributed by atoms with Crippen LogP contribution in [-0.4, -0.2) is 30.9 Å². The van der Waals surface area contributed by atoms with Gasteiger partial charge in [0.2, 0.25) is 0 Å². The second kappa shape index (κ2) is 8.79. The average Bonchev–Trinajstić information content (AvgIpc) is 2.73. The van der Waals surface area contributed by atoms with Gasteiger partial charge in [-0.2, -0.15) is 0 Å². The summed E-state index contributed by atoms with van der Waals surface area (Å²) in [5.74, 6) is -1.58. The molecule has 0 saturated carbocycles. The van der Waals surface area contributed by atoms with Crippen LogP contribution in [0.3, 0.4) is 0 Å². The number of carbonyl (C=O) groups is 4. The summed E-state index contributed by atoms with van der Waals surface area (Å²) >= 11 is 5.85. The fraction of sp³-hybridized carbons (Fsp3) is 0.143. The number of rotatable bonds is 5. The normalized spacial score (nSPS) is 15.2. The molecule has 0 aromatic heterocycles. The van der Waals surface area contributed by atoms with Crippen LogP contribution in [0.1, 0.15) is 18.9 Å². The first kappa shape index (κ1) is 21.1. The minimum Gasteiger partial charge on any atom is -0.493 e. The van der Waals surface area contributed by atoms with E-state index < -0.39 is 23.8 Å². The van der Waals surface area contributed by atoms with Crippen molar-refractivity contribution in [3.63, 3.8) is 0 Å². The highest BCUT2D eigenvalue weighted by atomic mass is 35.5. The van der Waals surface area contributed by atoms with Gasteiger partial charge in [-0.1, -0.05) is 24.6 Å². The largest absolute Gasteiger partial charge is 0.493 e. The molecule has 30 heavy (non-hydrogen) atoms. The van der Waals surface area contributed by atoms with Crippen LogP contribution in [-0.2, 0) is 14.4 Å². The topological polar surface area (TPSA) is 102 Å². The predicted octanol–water partition coefficient (Wildman–Crippen LogP) is 3.33. The molecule has 8 nitrogen and oxygen atoms in total. The second-order valence-electron chi connectivity index (χ2n) is 6.17. The number of carbonyl (C=O) groups excluding carboxylic acids is 4. The quantitative estimate of drug-likeness (QED) is 0.339. The summed E-state index contributed by atoms with van der Waals surface area (Å²) in [6, 6.07) is 9.74. The number of esters is 1. The van der Waals surface area contributed by atoms with E-state index >= 15 is 0 Å². The van der Waals surface area contributed by atoms with Crippen LogP contribution in [0.2, 0.25) is 5.02 Å². The number of nitrogens with zero attached hydrogens (tertiary/aromatic N) is 1. The molecule has 0 atom stereocenters. The van der Waals surface area contributed by atoms with Gasteiger partial charge in [0, 0.05) is 11.4 Å². The highest BCUT2D eigenvalue weighted by Gasteiger charge is 2.36. The van der Waals surface area contributed by atoms with E-state index in [4.69, 9.17) is 21.1 Å². The first-order chi connectivity index (χ1) is 14.3. The Morgan fingerprint density at radius 2 is 1.80 bits per heavy atom. The minimum atomic E-state index is -0.858. The van der Waals surface area contributed by atoms with Gasteiger partial charge >= 0.3 is 12.0 Å². The van der Waals surface area contributed by atoms with Crippen molar-refractivity contribution in [2.24, 2.45) is 0 Å². The Morgan fingerprint density at radius 3 is 2.43 bits per heavy atom. The lowest BCUT2D eigenvalue weighted by atomic mass is 10.1. The number of imide groups is 2. The number of hydrogen-bond donors (Lipinski definition) is 1. The predicted molar refractivity (Wildman–Crippen MR) is 109 cm³/mol. The van der Waals surface area contributed by atoms with E-state index in [1.165, 1.54) is 49.6 Å². The van der Waals surface area contributed by atoms with Crippen molar-refractivity contribution in [3.05, 3.63) is 58.6 Å². The molecule has 1 heterocycles. The van der Waals surface area contributed by atoms with Crippen LogP contribution in [0, 0.1) is 0 Å². The van der Waals surface area contributed by atoms with Gasteiger partial charge < -0.3 is 9.47 Å². The third kappa shape index (κ3) is 4.33. The lowest BCUT2D eigenvalue weighted by Crippen LogP contribution is -2.54. The zero-order valence-electron chi connectivity index (χ0n) is 16.1. The first-order valence-electron chi connectivity index (χ1n) is 8.89. The molecule has 154 valence electrons. The highest BCUT2D eigenvalue weighted by Crippen LogP contribution is 2.30. The van der Waals surface area contributed by atoms with Crippen LogP contribution < -0.4 is 19.7 Å². The number of halogens is 1. The average molecular weight is 429 g/mol. The molecule has 1 saturated heterocycles. The number of methoxy groups -OCH3 is 1. The first-order valence-corrected chi connectivity index (χ1v) is 9.27. The van der Waals surface area contributed by atoms with Gasteiger partial charge in [-0.3, -0.25) is 19.7 Å². The van der Waals surface area contributed by atoms with E-state index in [-0.39, 0.29) is 29.2 Å². The molecule has 2 aromatic carbocycles. The smallest absolute Gasteiger partial charge is 0.335 e. The van der Waals surface area contributed by atoms with Crippen LogP contribution in [0.5, 0.6) is 11.5 Å². The van der Waals surface area contributed by atoms with Gasteiger partial charge in [0.1, 0.15) is 5.57 Å². The number of amides is 4. The molecule has 0 radical (unpaired) electrons. The molecular formula is C21H17ClN2O6. The zero-order chi connectivity index (χ0) is 21.8. The molecule has 1 aliphatic heterocycles. The summed E-state index contributed by atoms with van der Waals surface area (Å²) in [6.45, 7) is 1.66. The Kier molecular flexibility index (Phi) is 6.17. The summed E-state index contributed by atoms with van der Waals surface area (Å²) < 4.78 is 10.4. The molecule has 1 aliphatic rings. The Labute approximate surface area is 177 Å². The van der Waals surface area contributed by atoms with Crippen LogP contribution in [0.25, 0.3) is 6.08 Å². The standard InChI is InChI=1S/C21H17ClN2O6/c1-3-18(25)30-16-9-4-12(11-17(16)29-2)10-15-19(26)23-21(28)24(20(15)27)14-7-5-13(22)6-8-14/h4-11H,3H2,1-2H3,(H,23,26,28)/b15-10-. The maximum absolute atomic E-state index is 12.9. The van der Waals surface area contributed by atoms with Gasteiger partial charge in [0.25, 0.3) is 11.8 Å². The molecule has 0 aliphatic carbocycles. The molecule has 2 aromatic rings. The van der Waals surface area contributed by atoms with E-state index in [1.807, 2.05) is 0 Å². The highest BCUT2D eigenvalue weighted by molar-refractivity contribution is 6.39. The monoisotopic (exact) mass is 428 g/mol. The summed E-state index contributed by atoms with van der Waals surface area (Å²) in [5, 5.41) is 2.58. The molecule has 0 unspecified atom stereocenters. The van der Waals surface area contributed by atoms with Crippen LogP contribution in [0.4, 0.5) is 10.5 Å². The Hall–Kier alpha value is -3.65. The number of benzene rings is 2. The minimum absolute atomic E-state index is 0.193. The van der Waals surface area contributed by atoms with E-state index in [2.05, 4.69) is 5.32 Å². The molecule has 0 bridgehead atoms. The van der Waals surface area contributed by atoms with Crippen LogP contribution in [0.15, 0.2) is 48.0 Å². The van der Waals surface area contributed by atoms with Gasteiger partial charge in [-0.05, 0) is 48.0 Å². The number of hydrogen-bond acceptors (Lipinski definition) is 6. The van der Waals surface area contributed by atoms with Gasteiger partial charge in [-0.25, -0.2) is 9.69 Å². The summed E-state index contributed by atoms with van der Waals surface area (Å²) in [4.78, 5) is 49.8. The van der Waals surface area contributed by atoms with Crippen molar-refractivity contribution in [2.45, 2.75) is 13.3 Å². The lowest BCUT2D eigenvalue weighted by Gasteiger charge is -2.26. The van der Waals surface area contributed by atoms with Crippen molar-refractivity contribution in [1.82, 2.24) is 5.32 Å². The molecular weight excluding hydrogens is 412 g/mol. The van der Waals surface area contributed by atoms with Crippen LogP contribution >= 0.6 is 11.6 Å². The zero-order valence-corrected chi connectivity index (χ0v) is 16.9. The van der Waals surface area contributed by atoms with E-state index in [9.17, 15) is 19.2 Å². The summed E-state index contributed by atoms with van der Waals surface area (Å²) in [5.41, 5.74) is 0.455. The Bertz CT molecular complexity index is 1060. The molecule has 0 spiro atoms. The molecule has 1 N–H and O–H groups in total. The maximum Gasteiger partial charge on any atom is 0.335 e.